The van der Waals surface area contributed by atoms with E-state index in [2.05, 4.69) is 46.4 Å². The summed E-state index contributed by atoms with van der Waals surface area (Å²) in [5, 5.41) is 7.51. The van der Waals surface area contributed by atoms with Crippen LogP contribution in [0.1, 0.15) is 36.5 Å². The SMILES string of the molecule is Cc1ccc(SC2CCN(C(=O)CCc3n[nH]c(C)n3)CC2)cc1. The van der Waals surface area contributed by atoms with Crippen molar-refractivity contribution in [3.63, 3.8) is 0 Å². The number of aromatic amines is 1. The molecule has 1 aliphatic heterocycles. The molecule has 2 heterocycles. The second kappa shape index (κ2) is 7.83. The first kappa shape index (κ1) is 17.0. The van der Waals surface area contributed by atoms with Gasteiger partial charge in [0.05, 0.1) is 0 Å². The molecular weight excluding hydrogens is 320 g/mol. The van der Waals surface area contributed by atoms with Crippen LogP contribution in [-0.4, -0.2) is 44.3 Å². The molecule has 0 radical (unpaired) electrons. The van der Waals surface area contributed by atoms with E-state index in [1.54, 1.807) is 0 Å². The van der Waals surface area contributed by atoms with Crippen molar-refractivity contribution in [2.45, 2.75) is 49.7 Å². The third kappa shape index (κ3) is 4.60. The van der Waals surface area contributed by atoms with Gasteiger partial charge in [-0.1, -0.05) is 17.7 Å². The summed E-state index contributed by atoms with van der Waals surface area (Å²) in [7, 11) is 0. The largest absolute Gasteiger partial charge is 0.343 e. The monoisotopic (exact) mass is 344 g/mol. The minimum atomic E-state index is 0.219. The van der Waals surface area contributed by atoms with Crippen molar-refractivity contribution < 1.29 is 4.79 Å². The summed E-state index contributed by atoms with van der Waals surface area (Å²) in [6.45, 7) is 5.69. The maximum absolute atomic E-state index is 12.3. The van der Waals surface area contributed by atoms with Crippen LogP contribution in [0.3, 0.4) is 0 Å². The van der Waals surface area contributed by atoms with E-state index in [-0.39, 0.29) is 5.91 Å². The van der Waals surface area contributed by atoms with Gasteiger partial charge in [-0.2, -0.15) is 5.10 Å². The van der Waals surface area contributed by atoms with E-state index in [0.29, 0.717) is 18.1 Å². The molecule has 1 aliphatic rings. The molecule has 3 rings (SSSR count). The molecule has 1 amide bonds. The number of nitrogens with one attached hydrogen (secondary N) is 1. The lowest BCUT2D eigenvalue weighted by Crippen LogP contribution is -2.39. The molecule has 6 heteroatoms. The van der Waals surface area contributed by atoms with Crippen LogP contribution in [0.5, 0.6) is 0 Å². The summed E-state index contributed by atoms with van der Waals surface area (Å²) in [5.74, 6) is 1.74. The molecule has 0 unspecified atom stereocenters. The first-order chi connectivity index (χ1) is 11.6. The maximum Gasteiger partial charge on any atom is 0.223 e. The maximum atomic E-state index is 12.3. The number of likely N-dealkylation sites (tertiary alicyclic amines) is 1. The number of thioether (sulfide) groups is 1. The van der Waals surface area contributed by atoms with Crippen molar-refractivity contribution in [2.75, 3.05) is 13.1 Å². The number of benzene rings is 1. The zero-order valence-electron chi connectivity index (χ0n) is 14.3. The van der Waals surface area contributed by atoms with E-state index in [1.807, 2.05) is 23.6 Å². The van der Waals surface area contributed by atoms with Gasteiger partial charge in [0.25, 0.3) is 0 Å². The van der Waals surface area contributed by atoms with E-state index < -0.39 is 0 Å². The Bertz CT molecular complexity index is 675. The Labute approximate surface area is 147 Å². The van der Waals surface area contributed by atoms with Gasteiger partial charge < -0.3 is 4.90 Å². The Morgan fingerprint density at radius 1 is 1.25 bits per heavy atom. The first-order valence-electron chi connectivity index (χ1n) is 8.49. The Morgan fingerprint density at radius 3 is 2.58 bits per heavy atom. The average molecular weight is 344 g/mol. The topological polar surface area (TPSA) is 61.9 Å². The summed E-state index contributed by atoms with van der Waals surface area (Å²) in [6.07, 6.45) is 3.22. The summed E-state index contributed by atoms with van der Waals surface area (Å²) in [4.78, 5) is 19.9. The molecule has 24 heavy (non-hydrogen) atoms. The highest BCUT2D eigenvalue weighted by atomic mass is 32.2. The van der Waals surface area contributed by atoms with Gasteiger partial charge in [-0.3, -0.25) is 9.89 Å². The number of rotatable bonds is 5. The first-order valence-corrected chi connectivity index (χ1v) is 9.37. The molecular formula is C18H24N4OS. The van der Waals surface area contributed by atoms with Gasteiger partial charge >= 0.3 is 0 Å². The Kier molecular flexibility index (Phi) is 5.56. The molecule has 1 fully saturated rings. The fourth-order valence-electron chi connectivity index (χ4n) is 2.91. The van der Waals surface area contributed by atoms with Crippen LogP contribution in [0.25, 0.3) is 0 Å². The highest BCUT2D eigenvalue weighted by Gasteiger charge is 2.23. The van der Waals surface area contributed by atoms with E-state index in [0.717, 1.165) is 37.6 Å². The zero-order chi connectivity index (χ0) is 16.9. The molecule has 0 aliphatic carbocycles. The van der Waals surface area contributed by atoms with Gasteiger partial charge in [-0.25, -0.2) is 4.98 Å². The Morgan fingerprint density at radius 2 is 1.96 bits per heavy atom. The van der Waals surface area contributed by atoms with Crippen molar-refractivity contribution in [1.29, 1.82) is 0 Å². The fourth-order valence-corrected chi connectivity index (χ4v) is 4.03. The summed E-state index contributed by atoms with van der Waals surface area (Å²) in [6, 6.07) is 8.70. The highest BCUT2D eigenvalue weighted by molar-refractivity contribution is 8.00. The molecule has 1 aromatic carbocycles. The van der Waals surface area contributed by atoms with Crippen molar-refractivity contribution in [3.05, 3.63) is 41.5 Å². The van der Waals surface area contributed by atoms with Crippen LogP contribution in [-0.2, 0) is 11.2 Å². The number of carbonyl (C=O) groups is 1. The molecule has 0 bridgehead atoms. The van der Waals surface area contributed by atoms with E-state index >= 15 is 0 Å². The number of hydrogen-bond donors (Lipinski definition) is 1. The molecule has 1 N–H and O–H groups in total. The smallest absolute Gasteiger partial charge is 0.223 e. The van der Waals surface area contributed by atoms with E-state index in [1.165, 1.54) is 10.5 Å². The van der Waals surface area contributed by atoms with Crippen molar-refractivity contribution in [1.82, 2.24) is 20.1 Å². The number of hydrogen-bond acceptors (Lipinski definition) is 4. The Hall–Kier alpha value is -1.82. The number of piperidine rings is 1. The van der Waals surface area contributed by atoms with Gasteiger partial charge in [-0.05, 0) is 38.8 Å². The lowest BCUT2D eigenvalue weighted by Gasteiger charge is -2.31. The zero-order valence-corrected chi connectivity index (χ0v) is 15.1. The van der Waals surface area contributed by atoms with Gasteiger partial charge in [0.2, 0.25) is 5.91 Å². The van der Waals surface area contributed by atoms with Crippen LogP contribution >= 0.6 is 11.8 Å². The average Bonchev–Trinajstić information content (AvgIpc) is 3.01. The molecule has 0 saturated carbocycles. The van der Waals surface area contributed by atoms with Gasteiger partial charge in [-0.15, -0.1) is 11.8 Å². The lowest BCUT2D eigenvalue weighted by atomic mass is 10.1. The quantitative estimate of drug-likeness (QED) is 0.905. The third-order valence-corrected chi connectivity index (χ3v) is 5.67. The van der Waals surface area contributed by atoms with Crippen LogP contribution in [0.4, 0.5) is 0 Å². The lowest BCUT2D eigenvalue weighted by molar-refractivity contribution is -0.132. The van der Waals surface area contributed by atoms with Crippen LogP contribution < -0.4 is 0 Å². The number of carbonyl (C=O) groups excluding carboxylic acids is 1. The molecule has 0 spiro atoms. The second-order valence-corrected chi connectivity index (χ2v) is 7.72. The minimum Gasteiger partial charge on any atom is -0.343 e. The predicted molar refractivity (Wildman–Crippen MR) is 96.1 cm³/mol. The molecule has 1 aromatic heterocycles. The standard InChI is InChI=1S/C18H24N4OS/c1-13-3-5-15(6-4-13)24-16-9-11-22(12-10-16)18(23)8-7-17-19-14(2)20-21-17/h3-6,16H,7-12H2,1-2H3,(H,19,20,21). The summed E-state index contributed by atoms with van der Waals surface area (Å²) in [5.41, 5.74) is 1.29. The molecule has 1 saturated heterocycles. The molecule has 5 nitrogen and oxygen atoms in total. The molecule has 128 valence electrons. The number of amides is 1. The third-order valence-electron chi connectivity index (χ3n) is 4.32. The number of H-pyrrole nitrogens is 1. The second-order valence-electron chi connectivity index (χ2n) is 6.35. The van der Waals surface area contributed by atoms with Crippen molar-refractivity contribution in [3.8, 4) is 0 Å². The van der Waals surface area contributed by atoms with Crippen LogP contribution in [0.2, 0.25) is 0 Å². The van der Waals surface area contributed by atoms with Crippen molar-refractivity contribution in [2.24, 2.45) is 0 Å². The number of aromatic nitrogens is 3. The highest BCUT2D eigenvalue weighted by Crippen LogP contribution is 2.30. The van der Waals surface area contributed by atoms with Gasteiger partial charge in [0.15, 0.2) is 5.82 Å². The number of aryl methyl sites for hydroxylation is 3. The number of nitrogens with zero attached hydrogens (tertiary/aromatic N) is 3. The molecule has 2 aromatic rings. The van der Waals surface area contributed by atoms with Gasteiger partial charge in [0.1, 0.15) is 5.82 Å². The predicted octanol–water partition coefficient (Wildman–Crippen LogP) is 3.14. The minimum absolute atomic E-state index is 0.219. The summed E-state index contributed by atoms with van der Waals surface area (Å²) < 4.78 is 0. The summed E-state index contributed by atoms with van der Waals surface area (Å²) >= 11 is 1.94. The van der Waals surface area contributed by atoms with Crippen LogP contribution in [0.15, 0.2) is 29.2 Å². The van der Waals surface area contributed by atoms with E-state index in [9.17, 15) is 4.79 Å². The van der Waals surface area contributed by atoms with Gasteiger partial charge in [0, 0.05) is 36.1 Å². The Balaban J connectivity index is 1.42. The molecule has 0 atom stereocenters. The van der Waals surface area contributed by atoms with Crippen LogP contribution in [0, 0.1) is 13.8 Å². The van der Waals surface area contributed by atoms with Crippen molar-refractivity contribution >= 4 is 17.7 Å². The fraction of sp³-hybridized carbons (Fsp3) is 0.500. The normalized spacial score (nSPS) is 15.7. The van der Waals surface area contributed by atoms with E-state index in [4.69, 9.17) is 0 Å².